The summed E-state index contributed by atoms with van der Waals surface area (Å²) in [6.07, 6.45) is 2.45. The molecule has 1 aromatic rings. The summed E-state index contributed by atoms with van der Waals surface area (Å²) >= 11 is 0. The van der Waals surface area contributed by atoms with Crippen molar-refractivity contribution in [3.05, 3.63) is 29.3 Å². The molecule has 0 spiro atoms. The van der Waals surface area contributed by atoms with E-state index in [1.165, 1.54) is 18.4 Å². The molecule has 1 rings (SSSR count). The Hall–Kier alpha value is -1.06. The first-order valence-electron chi connectivity index (χ1n) is 7.24. The summed E-state index contributed by atoms with van der Waals surface area (Å²) < 4.78 is 5.42. The second-order valence-corrected chi connectivity index (χ2v) is 5.10. The van der Waals surface area contributed by atoms with E-state index in [1.54, 1.807) is 7.11 Å². The summed E-state index contributed by atoms with van der Waals surface area (Å²) in [5, 5.41) is 0. The maximum absolute atomic E-state index is 6.37. The highest BCUT2D eigenvalue weighted by atomic mass is 16.5. The Morgan fingerprint density at radius 2 is 2.05 bits per heavy atom. The lowest BCUT2D eigenvalue weighted by Crippen LogP contribution is -2.33. The molecule has 0 fully saturated rings. The number of nitrogens with zero attached hydrogens (tertiary/aromatic N) is 1. The number of nitrogens with two attached hydrogens (primary N) is 1. The van der Waals surface area contributed by atoms with E-state index in [1.807, 2.05) is 6.07 Å². The molecule has 0 radical (unpaired) electrons. The van der Waals surface area contributed by atoms with E-state index in [0.29, 0.717) is 0 Å². The second-order valence-electron chi connectivity index (χ2n) is 5.10. The van der Waals surface area contributed by atoms with Crippen molar-refractivity contribution in [3.8, 4) is 5.75 Å². The van der Waals surface area contributed by atoms with E-state index < -0.39 is 0 Å². The van der Waals surface area contributed by atoms with Crippen LogP contribution in [0.1, 0.15) is 43.9 Å². The summed E-state index contributed by atoms with van der Waals surface area (Å²) in [7, 11) is 1.70. The van der Waals surface area contributed by atoms with Crippen molar-refractivity contribution in [2.45, 2.75) is 39.7 Å². The molecule has 0 heterocycles. The molecule has 3 heteroatoms. The third-order valence-corrected chi connectivity index (χ3v) is 3.51. The second kappa shape index (κ2) is 8.18. The summed E-state index contributed by atoms with van der Waals surface area (Å²) in [5.41, 5.74) is 8.70. The van der Waals surface area contributed by atoms with Crippen LogP contribution in [0, 0.1) is 6.92 Å². The molecular formula is C16H28N2O. The fourth-order valence-corrected chi connectivity index (χ4v) is 2.28. The van der Waals surface area contributed by atoms with Gasteiger partial charge in [-0.05, 0) is 32.5 Å². The van der Waals surface area contributed by atoms with Crippen LogP contribution in [-0.2, 0) is 0 Å². The van der Waals surface area contributed by atoms with Crippen molar-refractivity contribution in [2.75, 3.05) is 26.7 Å². The predicted molar refractivity (Wildman–Crippen MR) is 81.7 cm³/mol. The van der Waals surface area contributed by atoms with Gasteiger partial charge in [0.1, 0.15) is 5.75 Å². The molecule has 0 aliphatic carbocycles. The average Bonchev–Trinajstić information content (AvgIpc) is 2.43. The van der Waals surface area contributed by atoms with Crippen molar-refractivity contribution in [1.82, 2.24) is 4.90 Å². The summed E-state index contributed by atoms with van der Waals surface area (Å²) in [4.78, 5) is 2.41. The van der Waals surface area contributed by atoms with Crippen LogP contribution in [0.15, 0.2) is 18.2 Å². The Morgan fingerprint density at radius 1 is 1.32 bits per heavy atom. The monoisotopic (exact) mass is 264 g/mol. The van der Waals surface area contributed by atoms with Crippen LogP contribution in [-0.4, -0.2) is 31.6 Å². The van der Waals surface area contributed by atoms with Crippen LogP contribution in [0.25, 0.3) is 0 Å². The van der Waals surface area contributed by atoms with Gasteiger partial charge in [0.05, 0.1) is 7.11 Å². The van der Waals surface area contributed by atoms with Gasteiger partial charge >= 0.3 is 0 Å². The molecule has 0 saturated carbocycles. The number of methoxy groups -OCH3 is 1. The summed E-state index contributed by atoms with van der Waals surface area (Å²) in [6.45, 7) is 9.55. The SMILES string of the molecule is CCCCN(CC)CC(N)c1cc(C)ccc1OC. The third-order valence-electron chi connectivity index (χ3n) is 3.51. The minimum Gasteiger partial charge on any atom is -0.496 e. The van der Waals surface area contributed by atoms with Crippen LogP contribution in [0.5, 0.6) is 5.75 Å². The van der Waals surface area contributed by atoms with Crippen molar-refractivity contribution in [2.24, 2.45) is 5.73 Å². The highest BCUT2D eigenvalue weighted by Gasteiger charge is 2.15. The Balaban J connectivity index is 2.75. The van der Waals surface area contributed by atoms with Gasteiger partial charge in [-0.15, -0.1) is 0 Å². The number of unbranched alkanes of at least 4 members (excludes halogenated alkanes) is 1. The smallest absolute Gasteiger partial charge is 0.123 e. The highest BCUT2D eigenvalue weighted by molar-refractivity contribution is 5.39. The van der Waals surface area contributed by atoms with Gasteiger partial charge < -0.3 is 15.4 Å². The van der Waals surface area contributed by atoms with Gasteiger partial charge in [0.15, 0.2) is 0 Å². The van der Waals surface area contributed by atoms with Crippen molar-refractivity contribution < 1.29 is 4.74 Å². The van der Waals surface area contributed by atoms with Crippen molar-refractivity contribution in [3.63, 3.8) is 0 Å². The average molecular weight is 264 g/mol. The molecule has 108 valence electrons. The quantitative estimate of drug-likeness (QED) is 0.784. The van der Waals surface area contributed by atoms with E-state index in [-0.39, 0.29) is 6.04 Å². The Morgan fingerprint density at radius 3 is 2.63 bits per heavy atom. The molecule has 0 aliphatic rings. The molecule has 1 aromatic carbocycles. The molecule has 0 aromatic heterocycles. The van der Waals surface area contributed by atoms with Gasteiger partial charge in [0, 0.05) is 18.2 Å². The van der Waals surface area contributed by atoms with Gasteiger partial charge in [0.25, 0.3) is 0 Å². The Labute approximate surface area is 117 Å². The number of ether oxygens (including phenoxy) is 1. The van der Waals surface area contributed by atoms with E-state index in [2.05, 4.69) is 37.8 Å². The molecule has 0 saturated heterocycles. The van der Waals surface area contributed by atoms with E-state index >= 15 is 0 Å². The van der Waals surface area contributed by atoms with Gasteiger partial charge in [-0.3, -0.25) is 0 Å². The molecule has 0 bridgehead atoms. The van der Waals surface area contributed by atoms with Crippen LogP contribution in [0.4, 0.5) is 0 Å². The fraction of sp³-hybridized carbons (Fsp3) is 0.625. The Kier molecular flexibility index (Phi) is 6.89. The van der Waals surface area contributed by atoms with Gasteiger partial charge in [-0.1, -0.05) is 38.0 Å². The molecule has 0 amide bonds. The first-order valence-corrected chi connectivity index (χ1v) is 7.24. The maximum atomic E-state index is 6.37. The van der Waals surface area contributed by atoms with Crippen LogP contribution in [0.2, 0.25) is 0 Å². The first-order chi connectivity index (χ1) is 9.12. The lowest BCUT2D eigenvalue weighted by atomic mass is 10.0. The van der Waals surface area contributed by atoms with Gasteiger partial charge in [-0.25, -0.2) is 0 Å². The van der Waals surface area contributed by atoms with Crippen LogP contribution in [0.3, 0.4) is 0 Å². The van der Waals surface area contributed by atoms with E-state index in [0.717, 1.165) is 30.9 Å². The minimum atomic E-state index is 0.00616. The van der Waals surface area contributed by atoms with Gasteiger partial charge in [-0.2, -0.15) is 0 Å². The minimum absolute atomic E-state index is 0.00616. The predicted octanol–water partition coefficient (Wildman–Crippen LogP) is 3.13. The number of benzene rings is 1. The van der Waals surface area contributed by atoms with E-state index in [9.17, 15) is 0 Å². The number of aryl methyl sites for hydroxylation is 1. The zero-order valence-electron chi connectivity index (χ0n) is 12.8. The van der Waals surface area contributed by atoms with Crippen molar-refractivity contribution >= 4 is 0 Å². The summed E-state index contributed by atoms with van der Waals surface area (Å²) in [5.74, 6) is 0.893. The maximum Gasteiger partial charge on any atom is 0.123 e. The van der Waals surface area contributed by atoms with Gasteiger partial charge in [0.2, 0.25) is 0 Å². The molecule has 3 nitrogen and oxygen atoms in total. The molecule has 1 atom stereocenters. The first kappa shape index (κ1) is 16.0. The topological polar surface area (TPSA) is 38.5 Å². The molecule has 19 heavy (non-hydrogen) atoms. The lowest BCUT2D eigenvalue weighted by Gasteiger charge is -2.25. The number of hydrogen-bond donors (Lipinski definition) is 1. The molecule has 1 unspecified atom stereocenters. The zero-order valence-corrected chi connectivity index (χ0v) is 12.8. The largest absolute Gasteiger partial charge is 0.496 e. The normalized spacial score (nSPS) is 12.7. The highest BCUT2D eigenvalue weighted by Crippen LogP contribution is 2.25. The number of rotatable bonds is 8. The number of hydrogen-bond acceptors (Lipinski definition) is 3. The summed E-state index contributed by atoms with van der Waals surface area (Å²) in [6, 6.07) is 6.21. The fourth-order valence-electron chi connectivity index (χ4n) is 2.28. The lowest BCUT2D eigenvalue weighted by molar-refractivity contribution is 0.264. The van der Waals surface area contributed by atoms with E-state index in [4.69, 9.17) is 10.5 Å². The van der Waals surface area contributed by atoms with Crippen molar-refractivity contribution in [1.29, 1.82) is 0 Å². The van der Waals surface area contributed by atoms with Crippen LogP contribution >= 0.6 is 0 Å². The molecule has 2 N–H and O–H groups in total. The number of likely N-dealkylation sites (N-methyl/N-ethyl adjacent to an activating group) is 1. The van der Waals surface area contributed by atoms with Crippen LogP contribution < -0.4 is 10.5 Å². The standard InChI is InChI=1S/C16H28N2O/c1-5-7-10-18(6-2)12-15(17)14-11-13(3)8-9-16(14)19-4/h8-9,11,15H,5-7,10,12,17H2,1-4H3. The zero-order chi connectivity index (χ0) is 14.3. The molecular weight excluding hydrogens is 236 g/mol. The Bertz CT molecular complexity index is 379. The molecule has 0 aliphatic heterocycles. The third kappa shape index (κ3) is 4.84.